The third kappa shape index (κ3) is 4.46. The third-order valence-corrected chi connectivity index (χ3v) is 6.09. The van der Waals surface area contributed by atoms with Gasteiger partial charge in [0.2, 0.25) is 0 Å². The Balaban J connectivity index is 2.09. The number of halogens is 3. The first-order valence-corrected chi connectivity index (χ1v) is 10.3. The number of thiazole rings is 1. The van der Waals surface area contributed by atoms with Crippen molar-refractivity contribution in [3.8, 4) is 33.2 Å². The van der Waals surface area contributed by atoms with E-state index in [9.17, 15) is 21.6 Å². The van der Waals surface area contributed by atoms with Gasteiger partial charge in [0.1, 0.15) is 11.5 Å². The van der Waals surface area contributed by atoms with Gasteiger partial charge in [-0.2, -0.15) is 21.6 Å². The van der Waals surface area contributed by atoms with E-state index in [0.29, 0.717) is 33.2 Å². The summed E-state index contributed by atoms with van der Waals surface area (Å²) in [5.74, 6) is 1.19. The Hall–Kier alpha value is -2.79. The Kier molecular flexibility index (Phi) is 5.71. The minimum atomic E-state index is -5.58. The second-order valence-electron chi connectivity index (χ2n) is 5.70. The number of hydrogen-bond donors (Lipinski definition) is 1. The van der Waals surface area contributed by atoms with Crippen LogP contribution in [-0.2, 0) is 10.0 Å². The highest BCUT2D eigenvalue weighted by Crippen LogP contribution is 2.41. The minimum Gasteiger partial charge on any atom is -0.497 e. The van der Waals surface area contributed by atoms with Crippen LogP contribution in [0.3, 0.4) is 0 Å². The molecular weight excluding hydrogens is 429 g/mol. The van der Waals surface area contributed by atoms with Crippen LogP contribution in [0, 0.1) is 0 Å². The molecule has 0 atom stereocenters. The molecule has 1 aromatic heterocycles. The Morgan fingerprint density at radius 1 is 0.897 bits per heavy atom. The topological polar surface area (TPSA) is 77.5 Å². The molecule has 0 bridgehead atoms. The third-order valence-electron chi connectivity index (χ3n) is 3.87. The molecule has 0 amide bonds. The minimum absolute atomic E-state index is 0.336. The summed E-state index contributed by atoms with van der Waals surface area (Å²) < 4.78 is 72.9. The van der Waals surface area contributed by atoms with Gasteiger partial charge in [0.15, 0.2) is 5.13 Å². The van der Waals surface area contributed by atoms with Crippen LogP contribution in [0.15, 0.2) is 48.5 Å². The number of methoxy groups -OCH3 is 2. The van der Waals surface area contributed by atoms with Crippen LogP contribution >= 0.6 is 11.3 Å². The van der Waals surface area contributed by atoms with Gasteiger partial charge in [-0.1, -0.05) is 11.3 Å². The summed E-state index contributed by atoms with van der Waals surface area (Å²) in [4.78, 5) is 4.61. The first-order valence-electron chi connectivity index (χ1n) is 8.03. The number of ether oxygens (including phenoxy) is 2. The molecule has 0 aliphatic heterocycles. The maximum atomic E-state index is 12.7. The molecule has 0 aliphatic rings. The monoisotopic (exact) mass is 444 g/mol. The molecule has 0 saturated heterocycles. The van der Waals surface area contributed by atoms with Crippen molar-refractivity contribution in [2.75, 3.05) is 18.9 Å². The van der Waals surface area contributed by atoms with E-state index in [2.05, 4.69) is 4.98 Å². The zero-order valence-electron chi connectivity index (χ0n) is 15.1. The fourth-order valence-electron chi connectivity index (χ4n) is 2.42. The van der Waals surface area contributed by atoms with Gasteiger partial charge in [0.25, 0.3) is 0 Å². The van der Waals surface area contributed by atoms with Crippen molar-refractivity contribution in [2.45, 2.75) is 5.51 Å². The summed E-state index contributed by atoms with van der Waals surface area (Å²) in [6, 6.07) is 13.5. The normalized spacial score (nSPS) is 11.9. The second kappa shape index (κ2) is 7.91. The van der Waals surface area contributed by atoms with E-state index in [1.165, 1.54) is 18.9 Å². The van der Waals surface area contributed by atoms with Crippen molar-refractivity contribution >= 4 is 26.5 Å². The molecule has 0 unspecified atom stereocenters. The number of nitrogens with one attached hydrogen (secondary N) is 1. The van der Waals surface area contributed by atoms with Crippen molar-refractivity contribution in [3.05, 3.63) is 48.5 Å². The van der Waals surface area contributed by atoms with Crippen LogP contribution < -0.4 is 14.2 Å². The van der Waals surface area contributed by atoms with Gasteiger partial charge >= 0.3 is 15.5 Å². The molecule has 3 aromatic rings. The highest BCUT2D eigenvalue weighted by Gasteiger charge is 2.46. The molecule has 0 saturated carbocycles. The van der Waals surface area contributed by atoms with E-state index in [-0.39, 0.29) is 5.13 Å². The van der Waals surface area contributed by atoms with E-state index < -0.39 is 15.5 Å². The van der Waals surface area contributed by atoms with E-state index in [1.54, 1.807) is 48.5 Å². The average molecular weight is 444 g/mol. The summed E-state index contributed by atoms with van der Waals surface area (Å²) in [6.45, 7) is 0. The Morgan fingerprint density at radius 3 is 1.83 bits per heavy atom. The molecule has 6 nitrogen and oxygen atoms in total. The van der Waals surface area contributed by atoms with E-state index in [4.69, 9.17) is 9.47 Å². The predicted octanol–water partition coefficient (Wildman–Crippen LogP) is 4.76. The van der Waals surface area contributed by atoms with Gasteiger partial charge in [0, 0.05) is 5.56 Å². The smallest absolute Gasteiger partial charge is 0.497 e. The van der Waals surface area contributed by atoms with Crippen LogP contribution in [0.5, 0.6) is 11.5 Å². The molecule has 0 spiro atoms. The summed E-state index contributed by atoms with van der Waals surface area (Å²) >= 11 is 0.800. The van der Waals surface area contributed by atoms with Crippen LogP contribution in [0.1, 0.15) is 0 Å². The Morgan fingerprint density at radius 2 is 1.38 bits per heavy atom. The van der Waals surface area contributed by atoms with E-state index in [1.807, 2.05) is 0 Å². The van der Waals surface area contributed by atoms with Gasteiger partial charge in [-0.3, -0.25) is 4.72 Å². The molecule has 1 heterocycles. The number of benzene rings is 2. The number of alkyl halides is 3. The highest BCUT2D eigenvalue weighted by atomic mass is 32.2. The summed E-state index contributed by atoms with van der Waals surface area (Å²) in [5.41, 5.74) is -3.88. The van der Waals surface area contributed by atoms with Crippen molar-refractivity contribution in [2.24, 2.45) is 0 Å². The lowest BCUT2D eigenvalue weighted by Gasteiger charge is -2.07. The molecule has 29 heavy (non-hydrogen) atoms. The van der Waals surface area contributed by atoms with Gasteiger partial charge in [-0.05, 0) is 54.1 Å². The first-order chi connectivity index (χ1) is 13.6. The van der Waals surface area contributed by atoms with E-state index >= 15 is 0 Å². The summed E-state index contributed by atoms with van der Waals surface area (Å²) in [7, 11) is -2.57. The molecule has 3 rings (SSSR count). The fourth-order valence-corrected chi connectivity index (χ4v) is 4.15. The van der Waals surface area contributed by atoms with Gasteiger partial charge in [-0.25, -0.2) is 4.98 Å². The van der Waals surface area contributed by atoms with Crippen molar-refractivity contribution in [3.63, 3.8) is 0 Å². The molecule has 0 radical (unpaired) electrons. The summed E-state index contributed by atoms with van der Waals surface area (Å²) in [6.07, 6.45) is 0. The second-order valence-corrected chi connectivity index (χ2v) is 8.38. The lowest BCUT2D eigenvalue weighted by Crippen LogP contribution is -2.29. The number of aromatic nitrogens is 1. The molecule has 0 fully saturated rings. The maximum absolute atomic E-state index is 12.7. The molecular formula is C18H15F3N2O4S2. The SMILES string of the molecule is COc1ccc(-c2nc(NS(=O)(=O)C(F)(F)F)sc2-c2ccc(OC)cc2)cc1. The van der Waals surface area contributed by atoms with Gasteiger partial charge < -0.3 is 9.47 Å². The van der Waals surface area contributed by atoms with E-state index in [0.717, 1.165) is 11.3 Å². The zero-order chi connectivity index (χ0) is 21.2. The predicted molar refractivity (Wildman–Crippen MR) is 105 cm³/mol. The van der Waals surface area contributed by atoms with Crippen LogP contribution in [-0.4, -0.2) is 33.1 Å². The molecule has 154 valence electrons. The number of hydrogen-bond acceptors (Lipinski definition) is 6. The van der Waals surface area contributed by atoms with Crippen LogP contribution in [0.25, 0.3) is 21.7 Å². The quantitative estimate of drug-likeness (QED) is 0.593. The molecule has 0 aliphatic carbocycles. The zero-order valence-corrected chi connectivity index (χ0v) is 16.8. The van der Waals surface area contributed by atoms with Gasteiger partial charge in [-0.15, -0.1) is 0 Å². The maximum Gasteiger partial charge on any atom is 0.516 e. The lowest BCUT2D eigenvalue weighted by atomic mass is 10.1. The Bertz CT molecular complexity index is 1030. The number of nitrogens with zero attached hydrogens (tertiary/aromatic N) is 1. The average Bonchev–Trinajstić information content (AvgIpc) is 3.10. The highest BCUT2D eigenvalue weighted by molar-refractivity contribution is 7.93. The largest absolute Gasteiger partial charge is 0.516 e. The van der Waals surface area contributed by atoms with Gasteiger partial charge in [0.05, 0.1) is 24.8 Å². The summed E-state index contributed by atoms with van der Waals surface area (Å²) in [5, 5.41) is -0.390. The van der Waals surface area contributed by atoms with Crippen LogP contribution in [0.2, 0.25) is 0 Å². The number of rotatable bonds is 6. The standard InChI is InChI=1S/C18H15F3N2O4S2/c1-26-13-7-3-11(4-8-13)15-16(12-5-9-14(27-2)10-6-12)28-17(22-15)23-29(24,25)18(19,20)21/h3-10H,1-2H3,(H,22,23). The fraction of sp³-hybridized carbons (Fsp3) is 0.167. The number of sulfonamides is 1. The molecule has 2 aromatic carbocycles. The molecule has 11 heteroatoms. The lowest BCUT2D eigenvalue weighted by molar-refractivity contribution is -0.0429. The van der Waals surface area contributed by atoms with Crippen molar-refractivity contribution in [1.29, 1.82) is 0 Å². The Labute approximate surface area is 169 Å². The molecule has 1 N–H and O–H groups in total. The van der Waals surface area contributed by atoms with Crippen molar-refractivity contribution < 1.29 is 31.1 Å². The van der Waals surface area contributed by atoms with Crippen LogP contribution in [0.4, 0.5) is 18.3 Å². The van der Waals surface area contributed by atoms with Crippen molar-refractivity contribution in [1.82, 2.24) is 4.98 Å². The first kappa shape index (κ1) is 20.9. The number of anilines is 1.